The van der Waals surface area contributed by atoms with Crippen LogP contribution in [0.15, 0.2) is 0 Å². The molecule has 3 atom stereocenters. The van der Waals surface area contributed by atoms with Crippen molar-refractivity contribution in [3.63, 3.8) is 0 Å². The second-order valence-electron chi connectivity index (χ2n) is 9.96. The summed E-state index contributed by atoms with van der Waals surface area (Å²) in [7, 11) is 0. The monoisotopic (exact) mass is 471 g/mol. The highest BCUT2D eigenvalue weighted by Gasteiger charge is 2.26. The van der Waals surface area contributed by atoms with Crippen molar-refractivity contribution in [2.75, 3.05) is 6.61 Å². The second kappa shape index (κ2) is 24.5. The summed E-state index contributed by atoms with van der Waals surface area (Å²) in [5.41, 5.74) is 0. The van der Waals surface area contributed by atoms with Gasteiger partial charge < -0.3 is 20.6 Å². The molecular weight excluding hydrogens is 414 g/mol. The SMILES string of the molecule is CCCCCCCCCCCCCC[C@@H](O)[C@@H](O)[C@H](CO)NC(=O)CCCCCCCCC. The van der Waals surface area contributed by atoms with Gasteiger partial charge in [-0.05, 0) is 12.8 Å². The van der Waals surface area contributed by atoms with Crippen molar-refractivity contribution in [2.45, 2.75) is 167 Å². The minimum absolute atomic E-state index is 0.153. The Hall–Kier alpha value is -0.650. The van der Waals surface area contributed by atoms with E-state index in [1.54, 1.807) is 0 Å². The number of hydrogen-bond acceptors (Lipinski definition) is 4. The molecule has 33 heavy (non-hydrogen) atoms. The maximum absolute atomic E-state index is 12.1. The zero-order valence-electron chi connectivity index (χ0n) is 22.0. The van der Waals surface area contributed by atoms with Crippen molar-refractivity contribution in [3.8, 4) is 0 Å². The van der Waals surface area contributed by atoms with Gasteiger partial charge in [0.2, 0.25) is 5.91 Å². The summed E-state index contributed by atoms with van der Waals surface area (Å²) in [5.74, 6) is -0.153. The molecule has 0 aliphatic heterocycles. The molecule has 5 nitrogen and oxygen atoms in total. The quantitative estimate of drug-likeness (QED) is 0.116. The number of rotatable bonds is 25. The van der Waals surface area contributed by atoms with Crippen molar-refractivity contribution in [1.29, 1.82) is 0 Å². The van der Waals surface area contributed by atoms with Gasteiger partial charge in [0.1, 0.15) is 6.10 Å². The lowest BCUT2D eigenvalue weighted by Gasteiger charge is -2.26. The summed E-state index contributed by atoms with van der Waals surface area (Å²) in [6.45, 7) is 4.09. The highest BCUT2D eigenvalue weighted by atomic mass is 16.3. The Morgan fingerprint density at radius 3 is 1.45 bits per heavy atom. The van der Waals surface area contributed by atoms with Gasteiger partial charge in [-0.2, -0.15) is 0 Å². The Kier molecular flexibility index (Phi) is 24.0. The van der Waals surface area contributed by atoms with E-state index in [0.29, 0.717) is 12.8 Å². The number of nitrogens with one attached hydrogen (secondary N) is 1. The van der Waals surface area contributed by atoms with Crippen LogP contribution >= 0.6 is 0 Å². The summed E-state index contributed by atoms with van der Waals surface area (Å²) in [6.07, 6.45) is 21.9. The van der Waals surface area contributed by atoms with Gasteiger partial charge in [-0.1, -0.05) is 129 Å². The number of hydrogen-bond donors (Lipinski definition) is 4. The van der Waals surface area contributed by atoms with Gasteiger partial charge in [0, 0.05) is 6.42 Å². The van der Waals surface area contributed by atoms with E-state index in [1.807, 2.05) is 0 Å². The number of aliphatic hydroxyl groups is 3. The fourth-order valence-electron chi connectivity index (χ4n) is 4.39. The number of carbonyl (C=O) groups excluding carboxylic acids is 1. The standard InChI is InChI=1S/C28H57NO4/c1-3-5-7-9-11-12-13-14-15-17-18-20-22-26(31)28(33)25(24-30)29-27(32)23-21-19-16-10-8-6-4-2/h25-26,28,30-31,33H,3-24H2,1-2H3,(H,29,32)/t25-,26+,28-/m0/s1. The fraction of sp³-hybridized carbons (Fsp3) is 0.964. The molecule has 5 heteroatoms. The predicted octanol–water partition coefficient (Wildman–Crippen LogP) is 6.42. The van der Waals surface area contributed by atoms with Crippen LogP contribution in [-0.4, -0.2) is 46.1 Å². The molecular formula is C28H57NO4. The Morgan fingerprint density at radius 2 is 1.03 bits per heavy atom. The molecule has 0 rings (SSSR count). The van der Waals surface area contributed by atoms with Crippen LogP contribution in [0.3, 0.4) is 0 Å². The van der Waals surface area contributed by atoms with Crippen LogP contribution in [0.1, 0.15) is 149 Å². The van der Waals surface area contributed by atoms with Crippen LogP contribution in [0.4, 0.5) is 0 Å². The zero-order valence-corrected chi connectivity index (χ0v) is 22.0. The van der Waals surface area contributed by atoms with Gasteiger partial charge >= 0.3 is 0 Å². The minimum atomic E-state index is -1.12. The van der Waals surface area contributed by atoms with Crippen LogP contribution in [0, 0.1) is 0 Å². The molecule has 0 aromatic carbocycles. The van der Waals surface area contributed by atoms with Crippen LogP contribution in [0.5, 0.6) is 0 Å². The van der Waals surface area contributed by atoms with E-state index in [-0.39, 0.29) is 12.5 Å². The van der Waals surface area contributed by atoms with Gasteiger partial charge in [0.05, 0.1) is 18.8 Å². The van der Waals surface area contributed by atoms with Crippen molar-refractivity contribution in [2.24, 2.45) is 0 Å². The minimum Gasteiger partial charge on any atom is -0.394 e. The first-order chi connectivity index (χ1) is 16.1. The first kappa shape index (κ1) is 32.4. The molecule has 0 fully saturated rings. The van der Waals surface area contributed by atoms with Gasteiger partial charge in [0.15, 0.2) is 0 Å². The second-order valence-corrected chi connectivity index (χ2v) is 9.96. The molecule has 198 valence electrons. The van der Waals surface area contributed by atoms with E-state index in [1.165, 1.54) is 83.5 Å². The third-order valence-corrected chi connectivity index (χ3v) is 6.71. The average molecular weight is 472 g/mol. The van der Waals surface area contributed by atoms with E-state index < -0.39 is 18.2 Å². The summed E-state index contributed by atoms with van der Waals surface area (Å²) in [6, 6.07) is -0.797. The van der Waals surface area contributed by atoms with Gasteiger partial charge in [0.25, 0.3) is 0 Å². The molecule has 0 aromatic rings. The van der Waals surface area contributed by atoms with Crippen LogP contribution in [-0.2, 0) is 4.79 Å². The van der Waals surface area contributed by atoms with Crippen molar-refractivity contribution in [3.05, 3.63) is 0 Å². The number of amides is 1. The average Bonchev–Trinajstić information content (AvgIpc) is 2.82. The molecule has 0 aliphatic carbocycles. The Balaban J connectivity index is 3.76. The van der Waals surface area contributed by atoms with Crippen LogP contribution in [0.2, 0.25) is 0 Å². The van der Waals surface area contributed by atoms with Crippen molar-refractivity contribution < 1.29 is 20.1 Å². The van der Waals surface area contributed by atoms with Gasteiger partial charge in [-0.15, -0.1) is 0 Å². The number of unbranched alkanes of at least 4 members (excludes halogenated alkanes) is 17. The first-order valence-corrected chi connectivity index (χ1v) is 14.3. The maximum Gasteiger partial charge on any atom is 0.220 e. The molecule has 0 spiro atoms. The van der Waals surface area contributed by atoms with E-state index in [4.69, 9.17) is 0 Å². The zero-order chi connectivity index (χ0) is 24.6. The van der Waals surface area contributed by atoms with Crippen LogP contribution in [0.25, 0.3) is 0 Å². The smallest absolute Gasteiger partial charge is 0.220 e. The van der Waals surface area contributed by atoms with E-state index >= 15 is 0 Å². The van der Waals surface area contributed by atoms with Crippen molar-refractivity contribution in [1.82, 2.24) is 5.32 Å². The Bertz CT molecular complexity index is 419. The van der Waals surface area contributed by atoms with Crippen molar-refractivity contribution >= 4 is 5.91 Å². The lowest BCUT2D eigenvalue weighted by Crippen LogP contribution is -2.50. The highest BCUT2D eigenvalue weighted by Crippen LogP contribution is 2.15. The van der Waals surface area contributed by atoms with E-state index in [9.17, 15) is 20.1 Å². The molecule has 4 N–H and O–H groups in total. The summed E-state index contributed by atoms with van der Waals surface area (Å²) in [4.78, 5) is 12.1. The number of carbonyl (C=O) groups is 1. The molecule has 0 radical (unpaired) electrons. The topological polar surface area (TPSA) is 89.8 Å². The van der Waals surface area contributed by atoms with Crippen LogP contribution < -0.4 is 5.32 Å². The Labute approximate surface area is 205 Å². The molecule has 0 aromatic heterocycles. The van der Waals surface area contributed by atoms with E-state index in [0.717, 1.165) is 38.5 Å². The lowest BCUT2D eigenvalue weighted by molar-refractivity contribution is -0.124. The molecule has 0 heterocycles. The van der Waals surface area contributed by atoms with Gasteiger partial charge in [-0.25, -0.2) is 0 Å². The molecule has 0 bridgehead atoms. The third kappa shape index (κ3) is 20.4. The lowest BCUT2D eigenvalue weighted by atomic mass is 9.99. The summed E-state index contributed by atoms with van der Waals surface area (Å²) >= 11 is 0. The molecule has 1 amide bonds. The largest absolute Gasteiger partial charge is 0.394 e. The summed E-state index contributed by atoms with van der Waals surface area (Å²) < 4.78 is 0. The fourth-order valence-corrected chi connectivity index (χ4v) is 4.39. The number of aliphatic hydroxyl groups excluding tert-OH is 3. The highest BCUT2D eigenvalue weighted by molar-refractivity contribution is 5.76. The third-order valence-electron chi connectivity index (χ3n) is 6.71. The first-order valence-electron chi connectivity index (χ1n) is 14.3. The van der Waals surface area contributed by atoms with Gasteiger partial charge in [-0.3, -0.25) is 4.79 Å². The molecule has 0 unspecified atom stereocenters. The molecule has 0 saturated carbocycles. The summed E-state index contributed by atoms with van der Waals surface area (Å²) in [5, 5.41) is 32.9. The maximum atomic E-state index is 12.1. The predicted molar refractivity (Wildman–Crippen MR) is 139 cm³/mol. The molecule has 0 aliphatic rings. The molecule has 0 saturated heterocycles. The van der Waals surface area contributed by atoms with E-state index in [2.05, 4.69) is 19.2 Å². The normalized spacial score (nSPS) is 14.2. The Morgan fingerprint density at radius 1 is 0.636 bits per heavy atom.